The molecule has 2 rings (SSSR count). The van der Waals surface area contributed by atoms with Crippen LogP contribution in [0.25, 0.3) is 0 Å². The minimum atomic E-state index is -0.263. The van der Waals surface area contributed by atoms with Gasteiger partial charge in [0.1, 0.15) is 6.23 Å². The van der Waals surface area contributed by atoms with Crippen LogP contribution in [0.2, 0.25) is 0 Å². The van der Waals surface area contributed by atoms with Crippen LogP contribution in [0.4, 0.5) is 0 Å². The first kappa shape index (κ1) is 10.4. The summed E-state index contributed by atoms with van der Waals surface area (Å²) in [5.41, 5.74) is 0. The summed E-state index contributed by atoms with van der Waals surface area (Å²) in [5, 5.41) is 9.44. The third kappa shape index (κ3) is 2.27. The van der Waals surface area contributed by atoms with Gasteiger partial charge in [0, 0.05) is 32.2 Å². The third-order valence-corrected chi connectivity index (χ3v) is 3.72. The Hall–Kier alpha value is -0.120. The summed E-state index contributed by atoms with van der Waals surface area (Å²) in [7, 11) is 0. The van der Waals surface area contributed by atoms with Gasteiger partial charge in [-0.1, -0.05) is 12.8 Å². The van der Waals surface area contributed by atoms with E-state index in [4.69, 9.17) is 0 Å². The number of nitrogens with zero attached hydrogens (tertiary/aromatic N) is 2. The highest BCUT2D eigenvalue weighted by Crippen LogP contribution is 2.24. The second kappa shape index (κ2) is 4.60. The Balaban J connectivity index is 1.77. The minimum absolute atomic E-state index is 0.263. The second-order valence-corrected chi connectivity index (χ2v) is 4.64. The van der Waals surface area contributed by atoms with E-state index in [1.165, 1.54) is 25.7 Å². The summed E-state index contributed by atoms with van der Waals surface area (Å²) in [6, 6.07) is 0.853. The molecule has 14 heavy (non-hydrogen) atoms. The van der Waals surface area contributed by atoms with Crippen LogP contribution in [0.5, 0.6) is 0 Å². The molecule has 0 aromatic heterocycles. The lowest BCUT2D eigenvalue weighted by Crippen LogP contribution is -2.52. The van der Waals surface area contributed by atoms with Gasteiger partial charge in [-0.3, -0.25) is 9.80 Å². The molecule has 1 unspecified atom stereocenters. The highest BCUT2D eigenvalue weighted by atomic mass is 16.3. The van der Waals surface area contributed by atoms with Gasteiger partial charge in [0.25, 0.3) is 0 Å². The van der Waals surface area contributed by atoms with Crippen molar-refractivity contribution in [1.82, 2.24) is 9.80 Å². The van der Waals surface area contributed by atoms with E-state index in [0.717, 1.165) is 32.2 Å². The van der Waals surface area contributed by atoms with Crippen molar-refractivity contribution in [3.05, 3.63) is 0 Å². The van der Waals surface area contributed by atoms with Crippen LogP contribution in [0.3, 0.4) is 0 Å². The first-order valence-corrected chi connectivity index (χ1v) is 5.93. The van der Waals surface area contributed by atoms with Gasteiger partial charge >= 0.3 is 0 Å². The van der Waals surface area contributed by atoms with Crippen molar-refractivity contribution in [3.63, 3.8) is 0 Å². The molecule has 1 aliphatic heterocycles. The molecule has 1 N–H and O–H groups in total. The zero-order valence-corrected chi connectivity index (χ0v) is 9.15. The zero-order chi connectivity index (χ0) is 9.97. The van der Waals surface area contributed by atoms with E-state index in [-0.39, 0.29) is 6.23 Å². The molecule has 1 heterocycles. The van der Waals surface area contributed by atoms with Crippen molar-refractivity contribution in [2.75, 3.05) is 26.2 Å². The predicted octanol–water partition coefficient (Wildman–Crippen LogP) is 0.885. The molecule has 0 aromatic rings. The van der Waals surface area contributed by atoms with Crippen molar-refractivity contribution < 1.29 is 5.11 Å². The standard InChI is InChI=1S/C11H22N2O/c1-10(14)12-6-8-13(9-7-12)11-4-2-3-5-11/h10-11,14H,2-9H2,1H3. The number of rotatable bonds is 2. The molecule has 0 spiro atoms. The van der Waals surface area contributed by atoms with Gasteiger partial charge in [0.15, 0.2) is 0 Å². The molecule has 3 heteroatoms. The van der Waals surface area contributed by atoms with Crippen molar-refractivity contribution >= 4 is 0 Å². The fourth-order valence-corrected chi connectivity index (χ4v) is 2.75. The molecule has 1 atom stereocenters. The van der Waals surface area contributed by atoms with Gasteiger partial charge in [-0.2, -0.15) is 0 Å². The van der Waals surface area contributed by atoms with Crippen LogP contribution < -0.4 is 0 Å². The lowest BCUT2D eigenvalue weighted by Gasteiger charge is -2.39. The van der Waals surface area contributed by atoms with Gasteiger partial charge in [-0.15, -0.1) is 0 Å². The molecule has 1 saturated heterocycles. The molecule has 3 nitrogen and oxygen atoms in total. The lowest BCUT2D eigenvalue weighted by atomic mass is 10.2. The first-order valence-electron chi connectivity index (χ1n) is 5.93. The molecule has 1 saturated carbocycles. The van der Waals surface area contributed by atoms with Gasteiger partial charge < -0.3 is 5.11 Å². The molecule has 82 valence electrons. The van der Waals surface area contributed by atoms with Crippen LogP contribution in [-0.2, 0) is 0 Å². The quantitative estimate of drug-likeness (QED) is 0.713. The van der Waals surface area contributed by atoms with Crippen LogP contribution in [-0.4, -0.2) is 53.4 Å². The molecule has 0 aromatic carbocycles. The molecular formula is C11H22N2O. The predicted molar refractivity (Wildman–Crippen MR) is 57.1 cm³/mol. The fraction of sp³-hybridized carbons (Fsp3) is 1.00. The van der Waals surface area contributed by atoms with E-state index in [1.807, 2.05) is 6.92 Å². The maximum absolute atomic E-state index is 9.44. The van der Waals surface area contributed by atoms with Crippen LogP contribution in [0, 0.1) is 0 Å². The summed E-state index contributed by atoms with van der Waals surface area (Å²) in [6.07, 6.45) is 5.37. The van der Waals surface area contributed by atoms with E-state index < -0.39 is 0 Å². The highest BCUT2D eigenvalue weighted by Gasteiger charge is 2.26. The number of hydrogen-bond acceptors (Lipinski definition) is 3. The van der Waals surface area contributed by atoms with E-state index in [2.05, 4.69) is 9.80 Å². The second-order valence-electron chi connectivity index (χ2n) is 4.64. The van der Waals surface area contributed by atoms with Crippen molar-refractivity contribution in [2.45, 2.75) is 44.9 Å². The molecule has 2 aliphatic rings. The number of aliphatic hydroxyl groups is 1. The lowest BCUT2D eigenvalue weighted by molar-refractivity contribution is -0.0205. The summed E-state index contributed by atoms with van der Waals surface area (Å²) in [5.74, 6) is 0. The SMILES string of the molecule is CC(O)N1CCN(C2CCCC2)CC1. The van der Waals surface area contributed by atoms with Gasteiger partial charge in [0.05, 0.1) is 0 Å². The monoisotopic (exact) mass is 198 g/mol. The average Bonchev–Trinajstić information content (AvgIpc) is 2.71. The molecule has 0 amide bonds. The highest BCUT2D eigenvalue weighted by molar-refractivity contribution is 4.82. The summed E-state index contributed by atoms with van der Waals surface area (Å²) in [4.78, 5) is 4.78. The van der Waals surface area contributed by atoms with E-state index in [9.17, 15) is 5.11 Å². The summed E-state index contributed by atoms with van der Waals surface area (Å²) < 4.78 is 0. The van der Waals surface area contributed by atoms with Crippen molar-refractivity contribution in [1.29, 1.82) is 0 Å². The third-order valence-electron chi connectivity index (χ3n) is 3.72. The number of aliphatic hydroxyl groups excluding tert-OH is 1. The Kier molecular flexibility index (Phi) is 3.42. The van der Waals surface area contributed by atoms with Gasteiger partial charge in [0.2, 0.25) is 0 Å². The van der Waals surface area contributed by atoms with Gasteiger partial charge in [-0.05, 0) is 19.8 Å². The van der Waals surface area contributed by atoms with E-state index in [0.29, 0.717) is 0 Å². The maximum Gasteiger partial charge on any atom is 0.104 e. The molecular weight excluding hydrogens is 176 g/mol. The Morgan fingerprint density at radius 2 is 1.64 bits per heavy atom. The van der Waals surface area contributed by atoms with Crippen LogP contribution in [0.1, 0.15) is 32.6 Å². The zero-order valence-electron chi connectivity index (χ0n) is 9.15. The van der Waals surface area contributed by atoms with Gasteiger partial charge in [-0.25, -0.2) is 0 Å². The summed E-state index contributed by atoms with van der Waals surface area (Å²) in [6.45, 7) is 6.23. The molecule has 1 aliphatic carbocycles. The molecule has 0 radical (unpaired) electrons. The molecule has 2 fully saturated rings. The average molecular weight is 198 g/mol. The first-order chi connectivity index (χ1) is 6.77. The fourth-order valence-electron chi connectivity index (χ4n) is 2.75. The van der Waals surface area contributed by atoms with Crippen molar-refractivity contribution in [3.8, 4) is 0 Å². The Morgan fingerprint density at radius 1 is 1.07 bits per heavy atom. The number of piperazine rings is 1. The molecule has 0 bridgehead atoms. The van der Waals surface area contributed by atoms with E-state index in [1.54, 1.807) is 0 Å². The van der Waals surface area contributed by atoms with E-state index >= 15 is 0 Å². The minimum Gasteiger partial charge on any atom is -0.379 e. The van der Waals surface area contributed by atoms with Crippen LogP contribution >= 0.6 is 0 Å². The number of hydrogen-bond donors (Lipinski definition) is 1. The Labute approximate surface area is 86.7 Å². The van der Waals surface area contributed by atoms with Crippen LogP contribution in [0.15, 0.2) is 0 Å². The topological polar surface area (TPSA) is 26.7 Å². The smallest absolute Gasteiger partial charge is 0.104 e. The Morgan fingerprint density at radius 3 is 2.14 bits per heavy atom. The summed E-state index contributed by atoms with van der Waals surface area (Å²) >= 11 is 0. The largest absolute Gasteiger partial charge is 0.379 e. The van der Waals surface area contributed by atoms with Crippen molar-refractivity contribution in [2.24, 2.45) is 0 Å². The maximum atomic E-state index is 9.44. The normalized spacial score (nSPS) is 29.6. The Bertz CT molecular complexity index is 170.